The van der Waals surface area contributed by atoms with Gasteiger partial charge in [-0.1, -0.05) is 30.4 Å². The molecule has 5 rings (SSSR count). The van der Waals surface area contributed by atoms with Crippen LogP contribution in [0.25, 0.3) is 0 Å². The number of benzene rings is 1. The Morgan fingerprint density at radius 1 is 0.875 bits per heavy atom. The minimum Gasteiger partial charge on any atom is -0.310 e. The average molecular weight is 322 g/mol. The van der Waals surface area contributed by atoms with E-state index in [1.807, 2.05) is 30.3 Å². The second-order valence-electron chi connectivity index (χ2n) is 7.24. The molecule has 122 valence electrons. The molecule has 1 aromatic carbocycles. The van der Waals surface area contributed by atoms with E-state index in [1.165, 1.54) is 4.90 Å². The van der Waals surface area contributed by atoms with Gasteiger partial charge in [0.2, 0.25) is 17.7 Å². The maximum Gasteiger partial charge on any atom is 0.234 e. The number of anilines is 1. The lowest BCUT2D eigenvalue weighted by molar-refractivity contribution is -0.143. The number of fused-ring (bicyclic) bond motifs is 5. The van der Waals surface area contributed by atoms with Crippen LogP contribution >= 0.6 is 0 Å². The first-order chi connectivity index (χ1) is 11.6. The van der Waals surface area contributed by atoms with Crippen molar-refractivity contribution in [2.45, 2.75) is 18.9 Å². The Hall–Kier alpha value is -2.43. The van der Waals surface area contributed by atoms with Crippen molar-refractivity contribution in [3.05, 3.63) is 42.5 Å². The van der Waals surface area contributed by atoms with Gasteiger partial charge in [0.15, 0.2) is 0 Å². The average Bonchev–Trinajstić information content (AvgIpc) is 3.33. The quantitative estimate of drug-likeness (QED) is 0.614. The number of hydrogen-bond acceptors (Lipinski definition) is 3. The summed E-state index contributed by atoms with van der Waals surface area (Å²) in [6, 6.07) is 9.10. The molecule has 1 saturated carbocycles. The lowest BCUT2D eigenvalue weighted by Gasteiger charge is -2.24. The Kier molecular flexibility index (Phi) is 2.78. The summed E-state index contributed by atoms with van der Waals surface area (Å²) in [7, 11) is 0. The van der Waals surface area contributed by atoms with Gasteiger partial charge in [-0.2, -0.15) is 0 Å². The van der Waals surface area contributed by atoms with Crippen LogP contribution in [0.3, 0.4) is 0 Å². The van der Waals surface area contributed by atoms with Crippen LogP contribution in [-0.4, -0.2) is 35.2 Å². The summed E-state index contributed by atoms with van der Waals surface area (Å²) < 4.78 is 0. The van der Waals surface area contributed by atoms with E-state index >= 15 is 0 Å². The van der Waals surface area contributed by atoms with E-state index in [-0.39, 0.29) is 53.9 Å². The third-order valence-electron chi connectivity index (χ3n) is 6.04. The van der Waals surface area contributed by atoms with Crippen LogP contribution in [0.15, 0.2) is 42.5 Å². The first-order valence-corrected chi connectivity index (χ1v) is 8.56. The molecule has 0 unspecified atom stereocenters. The SMILES string of the molecule is O=C1C[C@@H](N2C(=O)[C@@H]3[C@H](C2=O)[C@H]2C=C[C@@H]3C2)CN1c1ccccc1. The molecule has 24 heavy (non-hydrogen) atoms. The number of hydrogen-bond donors (Lipinski definition) is 0. The van der Waals surface area contributed by atoms with E-state index < -0.39 is 0 Å². The van der Waals surface area contributed by atoms with Crippen LogP contribution < -0.4 is 4.90 Å². The molecule has 5 heteroatoms. The molecule has 2 saturated heterocycles. The molecule has 0 N–H and O–H groups in total. The largest absolute Gasteiger partial charge is 0.310 e. The molecule has 4 aliphatic rings. The minimum absolute atomic E-state index is 0.0232. The second-order valence-corrected chi connectivity index (χ2v) is 7.24. The van der Waals surface area contributed by atoms with Crippen molar-refractivity contribution in [3.8, 4) is 0 Å². The molecule has 2 heterocycles. The van der Waals surface area contributed by atoms with Crippen LogP contribution in [-0.2, 0) is 14.4 Å². The van der Waals surface area contributed by atoms with Crippen molar-refractivity contribution in [2.75, 3.05) is 11.4 Å². The molecule has 1 aromatic rings. The monoisotopic (exact) mass is 322 g/mol. The van der Waals surface area contributed by atoms with Gasteiger partial charge >= 0.3 is 0 Å². The molecule has 2 bridgehead atoms. The molecule has 3 amide bonds. The predicted octanol–water partition coefficient (Wildman–Crippen LogP) is 1.60. The number of imide groups is 1. The maximum atomic E-state index is 12.9. The zero-order valence-corrected chi connectivity index (χ0v) is 13.2. The molecular formula is C19H18N2O3. The van der Waals surface area contributed by atoms with Crippen molar-refractivity contribution in [1.29, 1.82) is 0 Å². The van der Waals surface area contributed by atoms with Crippen molar-refractivity contribution in [1.82, 2.24) is 4.90 Å². The van der Waals surface area contributed by atoms with Crippen LogP contribution in [0.5, 0.6) is 0 Å². The molecule has 0 radical (unpaired) electrons. The number of rotatable bonds is 2. The van der Waals surface area contributed by atoms with E-state index in [2.05, 4.69) is 12.2 Å². The lowest BCUT2D eigenvalue weighted by Crippen LogP contribution is -2.43. The van der Waals surface area contributed by atoms with Crippen molar-refractivity contribution < 1.29 is 14.4 Å². The lowest BCUT2D eigenvalue weighted by atomic mass is 9.85. The fraction of sp³-hybridized carbons (Fsp3) is 0.421. The molecule has 5 nitrogen and oxygen atoms in total. The van der Waals surface area contributed by atoms with Crippen LogP contribution in [0.4, 0.5) is 5.69 Å². The fourth-order valence-electron chi connectivity index (χ4n) is 5.00. The third kappa shape index (κ3) is 1.72. The van der Waals surface area contributed by atoms with Crippen molar-refractivity contribution >= 4 is 23.4 Å². The zero-order chi connectivity index (χ0) is 16.4. The highest BCUT2D eigenvalue weighted by molar-refractivity contribution is 6.08. The third-order valence-corrected chi connectivity index (χ3v) is 6.04. The first kappa shape index (κ1) is 14.0. The first-order valence-electron chi connectivity index (χ1n) is 8.56. The predicted molar refractivity (Wildman–Crippen MR) is 86.8 cm³/mol. The Labute approximate surface area is 139 Å². The Balaban J connectivity index is 1.41. The van der Waals surface area contributed by atoms with Gasteiger partial charge < -0.3 is 4.90 Å². The highest BCUT2D eigenvalue weighted by Gasteiger charge is 2.61. The van der Waals surface area contributed by atoms with Gasteiger partial charge in [-0.15, -0.1) is 0 Å². The van der Waals surface area contributed by atoms with E-state index in [1.54, 1.807) is 4.90 Å². The molecule has 3 fully saturated rings. The molecule has 5 atom stereocenters. The van der Waals surface area contributed by atoms with E-state index in [9.17, 15) is 14.4 Å². The van der Waals surface area contributed by atoms with Crippen LogP contribution in [0.1, 0.15) is 12.8 Å². The summed E-state index contributed by atoms with van der Waals surface area (Å²) in [5, 5.41) is 0. The van der Waals surface area contributed by atoms with Gasteiger partial charge in [0.05, 0.1) is 17.9 Å². The number of nitrogens with zero attached hydrogens (tertiary/aromatic N) is 2. The van der Waals surface area contributed by atoms with Crippen LogP contribution in [0, 0.1) is 23.7 Å². The van der Waals surface area contributed by atoms with Crippen LogP contribution in [0.2, 0.25) is 0 Å². The van der Waals surface area contributed by atoms with Crippen molar-refractivity contribution in [2.24, 2.45) is 23.7 Å². The number of likely N-dealkylation sites (tertiary alicyclic amines) is 1. The molecular weight excluding hydrogens is 304 g/mol. The van der Waals surface area contributed by atoms with Gasteiger partial charge in [-0.05, 0) is 30.4 Å². The smallest absolute Gasteiger partial charge is 0.234 e. The Bertz CT molecular complexity index is 742. The number of amides is 3. The second kappa shape index (κ2) is 4.79. The number of para-hydroxylation sites is 1. The highest BCUT2D eigenvalue weighted by Crippen LogP contribution is 2.53. The van der Waals surface area contributed by atoms with Gasteiger partial charge in [0.1, 0.15) is 0 Å². The summed E-state index contributed by atoms with van der Waals surface area (Å²) in [4.78, 5) is 41.2. The standard InChI is InChI=1S/C19H18N2O3/c22-15-9-14(10-20(15)13-4-2-1-3-5-13)21-18(23)16-11-6-7-12(8-11)17(16)19(21)24/h1-7,11-12,14,16-17H,8-10H2/t11-,12+,14-,16+,17-/m1/s1. The number of allylic oxidation sites excluding steroid dienone is 2. The van der Waals surface area contributed by atoms with Gasteiger partial charge in [-0.3, -0.25) is 19.3 Å². The summed E-state index contributed by atoms with van der Waals surface area (Å²) in [6.07, 6.45) is 5.35. The minimum atomic E-state index is -0.331. The maximum absolute atomic E-state index is 12.9. The van der Waals surface area contributed by atoms with Gasteiger partial charge in [0.25, 0.3) is 0 Å². The number of carbonyl (C=O) groups excluding carboxylic acids is 3. The summed E-state index contributed by atoms with van der Waals surface area (Å²) >= 11 is 0. The summed E-state index contributed by atoms with van der Waals surface area (Å²) in [6.45, 7) is 0.405. The Morgan fingerprint density at radius 2 is 1.50 bits per heavy atom. The highest BCUT2D eigenvalue weighted by atomic mass is 16.2. The molecule has 0 aromatic heterocycles. The summed E-state index contributed by atoms with van der Waals surface area (Å²) in [5.41, 5.74) is 0.825. The number of carbonyl (C=O) groups is 3. The topological polar surface area (TPSA) is 57.7 Å². The van der Waals surface area contributed by atoms with E-state index in [0.717, 1.165) is 12.1 Å². The zero-order valence-electron chi connectivity index (χ0n) is 13.2. The van der Waals surface area contributed by atoms with Gasteiger partial charge in [-0.25, -0.2) is 0 Å². The Morgan fingerprint density at radius 3 is 2.12 bits per heavy atom. The summed E-state index contributed by atoms with van der Waals surface area (Å²) in [5.74, 6) is -0.0941. The molecule has 0 spiro atoms. The van der Waals surface area contributed by atoms with E-state index in [4.69, 9.17) is 0 Å². The van der Waals surface area contributed by atoms with Gasteiger partial charge in [0, 0.05) is 18.7 Å². The van der Waals surface area contributed by atoms with E-state index in [0.29, 0.717) is 6.54 Å². The molecule has 2 aliphatic heterocycles. The fourth-order valence-corrected chi connectivity index (χ4v) is 5.00. The van der Waals surface area contributed by atoms with Crippen molar-refractivity contribution in [3.63, 3.8) is 0 Å². The molecule has 2 aliphatic carbocycles. The normalized spacial score (nSPS) is 37.0.